The maximum Gasteiger partial charge on any atom is 0.271 e. The second-order valence-electron chi connectivity index (χ2n) is 5.64. The van der Waals surface area contributed by atoms with E-state index in [0.29, 0.717) is 43.2 Å². The molecule has 2 heterocycles. The molecular formula is C16H16ClFN2O2S. The van der Waals surface area contributed by atoms with E-state index in [1.807, 2.05) is 0 Å². The molecule has 1 aliphatic rings. The number of amides is 1. The molecular weight excluding hydrogens is 339 g/mol. The number of benzene rings is 1. The fourth-order valence-corrected chi connectivity index (χ4v) is 3.51. The maximum atomic E-state index is 13.2. The summed E-state index contributed by atoms with van der Waals surface area (Å²) in [4.78, 5) is 12.4. The summed E-state index contributed by atoms with van der Waals surface area (Å²) in [5.74, 6) is -0.572. The molecule has 0 saturated carbocycles. The summed E-state index contributed by atoms with van der Waals surface area (Å²) in [6.07, 6.45) is 1.89. The zero-order chi connectivity index (χ0) is 16.3. The van der Waals surface area contributed by atoms with Crippen LogP contribution in [0.15, 0.2) is 29.6 Å². The highest BCUT2D eigenvalue weighted by Gasteiger charge is 2.35. The molecule has 4 nitrogen and oxygen atoms in total. The Hall–Kier alpha value is -1.50. The number of nitrogens with zero attached hydrogens (tertiary/aromatic N) is 1. The van der Waals surface area contributed by atoms with Gasteiger partial charge in [-0.05, 0) is 54.6 Å². The summed E-state index contributed by atoms with van der Waals surface area (Å²) in [7, 11) is 0. The van der Waals surface area contributed by atoms with Crippen LogP contribution in [0.1, 0.15) is 28.9 Å². The molecule has 1 fully saturated rings. The molecule has 3 rings (SSSR count). The van der Waals surface area contributed by atoms with Crippen molar-refractivity contribution in [3.05, 3.63) is 51.7 Å². The summed E-state index contributed by atoms with van der Waals surface area (Å²) < 4.78 is 22.7. The van der Waals surface area contributed by atoms with Crippen molar-refractivity contribution in [3.8, 4) is 0 Å². The molecule has 1 aliphatic heterocycles. The van der Waals surface area contributed by atoms with E-state index in [1.165, 1.54) is 23.7 Å². The monoisotopic (exact) mass is 354 g/mol. The van der Waals surface area contributed by atoms with Crippen LogP contribution < -0.4 is 5.32 Å². The molecule has 0 unspecified atom stereocenters. The number of hydrogen-bond acceptors (Lipinski definition) is 4. The zero-order valence-corrected chi connectivity index (χ0v) is 13.9. The Morgan fingerprint density at radius 1 is 1.39 bits per heavy atom. The average molecular weight is 355 g/mol. The standard InChI is InChI=1S/C16H16ClFN2O2S/c17-13-9-12(18)2-1-11(13)10-16(4-6-22-7-5-16)19-15(21)14-3-8-23-20-14/h1-3,8-9H,4-7,10H2,(H,19,21). The van der Waals surface area contributed by atoms with Crippen LogP contribution >= 0.6 is 23.1 Å². The van der Waals surface area contributed by atoms with Crippen LogP contribution in [0.3, 0.4) is 0 Å². The number of carbonyl (C=O) groups excluding carboxylic acids is 1. The molecule has 0 atom stereocenters. The highest BCUT2D eigenvalue weighted by Crippen LogP contribution is 2.29. The van der Waals surface area contributed by atoms with E-state index < -0.39 is 5.54 Å². The van der Waals surface area contributed by atoms with Crippen LogP contribution in [0.2, 0.25) is 5.02 Å². The van der Waals surface area contributed by atoms with E-state index in [0.717, 1.165) is 5.56 Å². The molecule has 122 valence electrons. The van der Waals surface area contributed by atoms with Crippen molar-refractivity contribution in [1.29, 1.82) is 0 Å². The number of rotatable bonds is 4. The highest BCUT2D eigenvalue weighted by molar-refractivity contribution is 7.03. The van der Waals surface area contributed by atoms with Gasteiger partial charge in [0.2, 0.25) is 0 Å². The number of nitrogens with one attached hydrogen (secondary N) is 1. The van der Waals surface area contributed by atoms with Gasteiger partial charge in [-0.1, -0.05) is 17.7 Å². The van der Waals surface area contributed by atoms with Crippen molar-refractivity contribution in [2.45, 2.75) is 24.8 Å². The third-order valence-corrected chi connectivity index (χ3v) is 4.95. The predicted molar refractivity (Wildman–Crippen MR) is 87.5 cm³/mol. The third-order valence-electron chi connectivity index (χ3n) is 4.04. The molecule has 1 aromatic heterocycles. The van der Waals surface area contributed by atoms with Gasteiger partial charge in [0.25, 0.3) is 5.91 Å². The van der Waals surface area contributed by atoms with Crippen molar-refractivity contribution < 1.29 is 13.9 Å². The quantitative estimate of drug-likeness (QED) is 0.914. The van der Waals surface area contributed by atoms with E-state index in [1.54, 1.807) is 17.5 Å². The van der Waals surface area contributed by atoms with E-state index >= 15 is 0 Å². The lowest BCUT2D eigenvalue weighted by Crippen LogP contribution is -2.53. The Balaban J connectivity index is 1.83. The van der Waals surface area contributed by atoms with Crippen LogP contribution in [-0.2, 0) is 11.2 Å². The maximum absolute atomic E-state index is 13.2. The number of ether oxygens (including phenoxy) is 1. The van der Waals surface area contributed by atoms with E-state index in [9.17, 15) is 9.18 Å². The summed E-state index contributed by atoms with van der Waals surface area (Å²) >= 11 is 7.39. The van der Waals surface area contributed by atoms with Crippen molar-refractivity contribution in [1.82, 2.24) is 9.69 Å². The summed E-state index contributed by atoms with van der Waals surface area (Å²) in [5.41, 5.74) is 0.764. The Kier molecular flexibility index (Phi) is 4.94. The van der Waals surface area contributed by atoms with Crippen LogP contribution in [-0.4, -0.2) is 29.0 Å². The molecule has 1 N–H and O–H groups in total. The predicted octanol–water partition coefficient (Wildman–Crippen LogP) is 3.46. The Morgan fingerprint density at radius 3 is 2.83 bits per heavy atom. The molecule has 0 radical (unpaired) electrons. The number of halogens is 2. The normalized spacial score (nSPS) is 17.0. The first kappa shape index (κ1) is 16.4. The second-order valence-corrected chi connectivity index (χ2v) is 6.72. The first-order valence-corrected chi connectivity index (χ1v) is 8.54. The van der Waals surface area contributed by atoms with Crippen LogP contribution in [0.5, 0.6) is 0 Å². The summed E-state index contributed by atoms with van der Waals surface area (Å²) in [6.45, 7) is 1.13. The molecule has 0 aliphatic carbocycles. The molecule has 2 aromatic rings. The third kappa shape index (κ3) is 3.88. The van der Waals surface area contributed by atoms with Gasteiger partial charge in [-0.3, -0.25) is 4.79 Å². The topological polar surface area (TPSA) is 51.2 Å². The minimum Gasteiger partial charge on any atom is -0.381 e. The van der Waals surface area contributed by atoms with Gasteiger partial charge in [-0.25, -0.2) is 4.39 Å². The van der Waals surface area contributed by atoms with Gasteiger partial charge < -0.3 is 10.1 Å². The molecule has 0 bridgehead atoms. The number of aromatic nitrogens is 1. The lowest BCUT2D eigenvalue weighted by Gasteiger charge is -2.38. The van der Waals surface area contributed by atoms with E-state index in [4.69, 9.17) is 16.3 Å². The average Bonchev–Trinajstić information content (AvgIpc) is 3.06. The smallest absolute Gasteiger partial charge is 0.271 e. The lowest BCUT2D eigenvalue weighted by molar-refractivity contribution is 0.0358. The van der Waals surface area contributed by atoms with Gasteiger partial charge >= 0.3 is 0 Å². The molecule has 7 heteroatoms. The number of hydrogen-bond donors (Lipinski definition) is 1. The fraction of sp³-hybridized carbons (Fsp3) is 0.375. The van der Waals surface area contributed by atoms with Crippen LogP contribution in [0.25, 0.3) is 0 Å². The summed E-state index contributed by atoms with van der Waals surface area (Å²) in [5, 5.41) is 5.24. The Morgan fingerprint density at radius 2 is 2.17 bits per heavy atom. The van der Waals surface area contributed by atoms with Gasteiger partial charge in [0.15, 0.2) is 0 Å². The van der Waals surface area contributed by atoms with Gasteiger partial charge in [-0.2, -0.15) is 4.37 Å². The molecule has 1 saturated heterocycles. The first-order chi connectivity index (χ1) is 11.1. The second kappa shape index (κ2) is 6.95. The van der Waals surface area contributed by atoms with Gasteiger partial charge in [0.1, 0.15) is 11.5 Å². The zero-order valence-electron chi connectivity index (χ0n) is 12.4. The van der Waals surface area contributed by atoms with Gasteiger partial charge in [0.05, 0.1) is 0 Å². The minimum atomic E-state index is -0.458. The van der Waals surface area contributed by atoms with E-state index in [2.05, 4.69) is 9.69 Å². The first-order valence-electron chi connectivity index (χ1n) is 7.33. The van der Waals surface area contributed by atoms with Gasteiger partial charge in [0, 0.05) is 29.2 Å². The molecule has 23 heavy (non-hydrogen) atoms. The van der Waals surface area contributed by atoms with Crippen molar-refractivity contribution in [2.75, 3.05) is 13.2 Å². The van der Waals surface area contributed by atoms with Crippen molar-refractivity contribution in [2.24, 2.45) is 0 Å². The largest absolute Gasteiger partial charge is 0.381 e. The summed E-state index contributed by atoms with van der Waals surface area (Å²) in [6, 6.07) is 6.05. The molecule has 0 spiro atoms. The van der Waals surface area contributed by atoms with Gasteiger partial charge in [-0.15, -0.1) is 0 Å². The molecule has 1 aromatic carbocycles. The van der Waals surface area contributed by atoms with Crippen LogP contribution in [0, 0.1) is 5.82 Å². The fourth-order valence-electron chi connectivity index (χ4n) is 2.77. The van der Waals surface area contributed by atoms with E-state index in [-0.39, 0.29) is 11.7 Å². The van der Waals surface area contributed by atoms with Crippen molar-refractivity contribution >= 4 is 29.0 Å². The Bertz CT molecular complexity index is 687. The highest BCUT2D eigenvalue weighted by atomic mass is 35.5. The van der Waals surface area contributed by atoms with Crippen LogP contribution in [0.4, 0.5) is 4.39 Å². The molecule has 1 amide bonds. The SMILES string of the molecule is O=C(NC1(Cc2ccc(F)cc2Cl)CCOCC1)c1ccsn1. The minimum absolute atomic E-state index is 0.202. The Labute approximate surface area is 142 Å². The lowest BCUT2D eigenvalue weighted by atomic mass is 9.83. The number of carbonyl (C=O) groups is 1. The van der Waals surface area contributed by atoms with Crippen molar-refractivity contribution in [3.63, 3.8) is 0 Å².